The van der Waals surface area contributed by atoms with Crippen LogP contribution in [-0.2, 0) is 20.9 Å². The summed E-state index contributed by atoms with van der Waals surface area (Å²) >= 11 is 2.75. The van der Waals surface area contributed by atoms with E-state index >= 15 is 0 Å². The zero-order chi connectivity index (χ0) is 20.2. The number of sulfonamides is 1. The number of nitrogens with one attached hydrogen (secondary N) is 2. The van der Waals surface area contributed by atoms with Crippen LogP contribution in [0, 0.1) is 0 Å². The van der Waals surface area contributed by atoms with Crippen molar-refractivity contribution in [3.8, 4) is 0 Å². The topological polar surface area (TPSA) is 84.5 Å². The molecular weight excluding hydrogens is 441 g/mol. The van der Waals surface area contributed by atoms with Crippen molar-refractivity contribution in [1.29, 1.82) is 0 Å². The standard InChI is InChI=1S/C15H20BrF3N2O4S/c1-14(2,3)25-13(22)20-7-4-8-21-26(23,24)10-5-6-12(16)11(9-10)15(17,18)19/h5-6,9,21H,4,7-8H2,1-3H3,(H,20,22). The molecule has 6 nitrogen and oxygen atoms in total. The van der Waals surface area contributed by atoms with Crippen LogP contribution in [-0.4, -0.2) is 33.2 Å². The fourth-order valence-electron chi connectivity index (χ4n) is 1.77. The molecule has 0 aliphatic rings. The zero-order valence-corrected chi connectivity index (χ0v) is 16.8. The molecule has 0 unspecified atom stereocenters. The van der Waals surface area contributed by atoms with Crippen molar-refractivity contribution >= 4 is 32.0 Å². The summed E-state index contributed by atoms with van der Waals surface area (Å²) in [7, 11) is -4.10. The van der Waals surface area contributed by atoms with E-state index in [9.17, 15) is 26.4 Å². The first-order chi connectivity index (χ1) is 11.7. The summed E-state index contributed by atoms with van der Waals surface area (Å²) in [6, 6.07) is 2.66. The van der Waals surface area contributed by atoms with Crippen LogP contribution in [0.2, 0.25) is 0 Å². The molecule has 1 aromatic carbocycles. The molecule has 0 atom stereocenters. The Hall–Kier alpha value is -1.33. The molecule has 0 saturated heterocycles. The Labute approximate surface area is 158 Å². The highest BCUT2D eigenvalue weighted by Gasteiger charge is 2.34. The summed E-state index contributed by atoms with van der Waals surface area (Å²) in [5.74, 6) is 0. The van der Waals surface area contributed by atoms with Crippen molar-refractivity contribution < 1.29 is 31.1 Å². The predicted octanol–water partition coefficient (Wildman–Crippen LogP) is 3.66. The average Bonchev–Trinajstić information content (AvgIpc) is 2.43. The van der Waals surface area contributed by atoms with Gasteiger partial charge in [0.1, 0.15) is 5.60 Å². The van der Waals surface area contributed by atoms with Gasteiger partial charge in [-0.2, -0.15) is 13.2 Å². The Morgan fingerprint density at radius 1 is 1.19 bits per heavy atom. The van der Waals surface area contributed by atoms with E-state index in [0.29, 0.717) is 6.07 Å². The number of benzene rings is 1. The number of ether oxygens (including phenoxy) is 1. The quantitative estimate of drug-likeness (QED) is 0.634. The molecule has 0 spiro atoms. The highest BCUT2D eigenvalue weighted by Crippen LogP contribution is 2.36. The maximum atomic E-state index is 12.9. The first-order valence-corrected chi connectivity index (χ1v) is 9.83. The molecule has 0 aliphatic heterocycles. The maximum Gasteiger partial charge on any atom is 0.417 e. The molecule has 26 heavy (non-hydrogen) atoms. The second-order valence-electron chi connectivity index (χ2n) is 6.32. The van der Waals surface area contributed by atoms with Crippen LogP contribution in [0.25, 0.3) is 0 Å². The SMILES string of the molecule is CC(C)(C)OC(=O)NCCCNS(=O)(=O)c1ccc(Br)c(C(F)(F)F)c1. The molecule has 0 heterocycles. The van der Waals surface area contributed by atoms with Gasteiger partial charge in [-0.1, -0.05) is 15.9 Å². The van der Waals surface area contributed by atoms with Gasteiger partial charge in [0.05, 0.1) is 10.5 Å². The minimum absolute atomic E-state index is 0.0600. The van der Waals surface area contributed by atoms with Crippen molar-refractivity contribution in [1.82, 2.24) is 10.0 Å². The normalized spacial score (nSPS) is 12.7. The highest BCUT2D eigenvalue weighted by molar-refractivity contribution is 9.10. The zero-order valence-electron chi connectivity index (χ0n) is 14.4. The van der Waals surface area contributed by atoms with Crippen LogP contribution in [0.3, 0.4) is 0 Å². The third kappa shape index (κ3) is 7.50. The number of carbonyl (C=O) groups excluding carboxylic acids is 1. The van der Waals surface area contributed by atoms with Gasteiger partial charge in [-0.3, -0.25) is 0 Å². The number of hydrogen-bond acceptors (Lipinski definition) is 4. The van der Waals surface area contributed by atoms with Crippen LogP contribution in [0.5, 0.6) is 0 Å². The van der Waals surface area contributed by atoms with E-state index in [2.05, 4.69) is 26.0 Å². The van der Waals surface area contributed by atoms with Gasteiger partial charge < -0.3 is 10.1 Å². The van der Waals surface area contributed by atoms with Gasteiger partial charge >= 0.3 is 12.3 Å². The van der Waals surface area contributed by atoms with E-state index in [-0.39, 0.29) is 24.0 Å². The van der Waals surface area contributed by atoms with Crippen LogP contribution >= 0.6 is 15.9 Å². The number of rotatable bonds is 6. The Kier molecular flexibility index (Phi) is 7.49. The van der Waals surface area contributed by atoms with Gasteiger partial charge in [0.2, 0.25) is 10.0 Å². The van der Waals surface area contributed by atoms with Crippen molar-refractivity contribution in [2.45, 2.75) is 43.9 Å². The van der Waals surface area contributed by atoms with Crippen LogP contribution in [0.4, 0.5) is 18.0 Å². The van der Waals surface area contributed by atoms with E-state index in [1.54, 1.807) is 20.8 Å². The summed E-state index contributed by atoms with van der Waals surface area (Å²) in [6.45, 7) is 5.19. The lowest BCUT2D eigenvalue weighted by Gasteiger charge is -2.19. The fraction of sp³-hybridized carbons (Fsp3) is 0.533. The molecule has 0 bridgehead atoms. The van der Waals surface area contributed by atoms with E-state index in [0.717, 1.165) is 12.1 Å². The summed E-state index contributed by atoms with van der Waals surface area (Å²) in [5, 5.41) is 2.45. The first-order valence-electron chi connectivity index (χ1n) is 7.56. The molecule has 0 radical (unpaired) electrons. The van der Waals surface area contributed by atoms with E-state index in [1.807, 2.05) is 0 Å². The predicted molar refractivity (Wildman–Crippen MR) is 93.2 cm³/mol. The van der Waals surface area contributed by atoms with Crippen LogP contribution in [0.15, 0.2) is 27.6 Å². The van der Waals surface area contributed by atoms with Crippen LogP contribution in [0.1, 0.15) is 32.8 Å². The lowest BCUT2D eigenvalue weighted by Crippen LogP contribution is -2.34. The second-order valence-corrected chi connectivity index (χ2v) is 8.94. The van der Waals surface area contributed by atoms with Gasteiger partial charge in [0.15, 0.2) is 0 Å². The molecule has 148 valence electrons. The third-order valence-corrected chi connectivity index (χ3v) is 5.02. The number of alkyl halides is 3. The van der Waals surface area contributed by atoms with E-state index in [1.165, 1.54) is 0 Å². The van der Waals surface area contributed by atoms with Crippen molar-refractivity contribution in [2.24, 2.45) is 0 Å². The summed E-state index contributed by atoms with van der Waals surface area (Å²) in [5.41, 5.74) is -1.73. The van der Waals surface area contributed by atoms with Gasteiger partial charge in [0, 0.05) is 17.6 Å². The first kappa shape index (κ1) is 22.7. The number of amides is 1. The number of halogens is 4. The molecule has 0 fully saturated rings. The number of carbonyl (C=O) groups is 1. The van der Waals surface area contributed by atoms with Crippen molar-refractivity contribution in [2.75, 3.05) is 13.1 Å². The van der Waals surface area contributed by atoms with Gasteiger partial charge in [0.25, 0.3) is 0 Å². The highest BCUT2D eigenvalue weighted by atomic mass is 79.9. The fourth-order valence-corrected chi connectivity index (χ4v) is 3.34. The Bertz CT molecular complexity index is 746. The van der Waals surface area contributed by atoms with Gasteiger partial charge in [-0.15, -0.1) is 0 Å². The molecular formula is C15H20BrF3N2O4S. The van der Waals surface area contributed by atoms with Crippen LogP contribution < -0.4 is 10.0 Å². The summed E-state index contributed by atoms with van der Waals surface area (Å²) in [4.78, 5) is 10.9. The Morgan fingerprint density at radius 3 is 2.35 bits per heavy atom. The monoisotopic (exact) mass is 460 g/mol. The van der Waals surface area contributed by atoms with E-state index < -0.39 is 38.4 Å². The molecule has 0 aromatic heterocycles. The Morgan fingerprint density at radius 2 is 1.81 bits per heavy atom. The molecule has 1 aromatic rings. The van der Waals surface area contributed by atoms with Gasteiger partial charge in [-0.05, 0) is 45.4 Å². The maximum absolute atomic E-state index is 12.9. The molecule has 1 amide bonds. The Balaban J connectivity index is 2.59. The molecule has 0 saturated carbocycles. The molecule has 0 aliphatic carbocycles. The molecule has 11 heteroatoms. The van der Waals surface area contributed by atoms with E-state index in [4.69, 9.17) is 4.74 Å². The molecule has 2 N–H and O–H groups in total. The average molecular weight is 461 g/mol. The van der Waals surface area contributed by atoms with Gasteiger partial charge in [-0.25, -0.2) is 17.9 Å². The lowest BCUT2D eigenvalue weighted by atomic mass is 10.2. The second kappa shape index (κ2) is 8.57. The molecule has 1 rings (SSSR count). The number of alkyl carbamates (subject to hydrolysis) is 1. The lowest BCUT2D eigenvalue weighted by molar-refractivity contribution is -0.138. The third-order valence-electron chi connectivity index (χ3n) is 2.87. The smallest absolute Gasteiger partial charge is 0.417 e. The van der Waals surface area contributed by atoms with Crippen molar-refractivity contribution in [3.63, 3.8) is 0 Å². The number of hydrogen-bond donors (Lipinski definition) is 2. The van der Waals surface area contributed by atoms with Crippen molar-refractivity contribution in [3.05, 3.63) is 28.2 Å². The minimum atomic E-state index is -4.68. The largest absolute Gasteiger partial charge is 0.444 e. The summed E-state index contributed by atoms with van der Waals surface area (Å²) in [6.07, 6.45) is -5.08. The minimum Gasteiger partial charge on any atom is -0.444 e. The summed E-state index contributed by atoms with van der Waals surface area (Å²) < 4.78 is 69.8.